The van der Waals surface area contributed by atoms with Gasteiger partial charge in [0.25, 0.3) is 5.91 Å². The van der Waals surface area contributed by atoms with Gasteiger partial charge in [0.05, 0.1) is 16.9 Å². The van der Waals surface area contributed by atoms with Crippen LogP contribution in [0.4, 0.5) is 8.78 Å². The van der Waals surface area contributed by atoms with Crippen molar-refractivity contribution >= 4 is 17.5 Å². The molecule has 0 aliphatic carbocycles. The van der Waals surface area contributed by atoms with Crippen molar-refractivity contribution in [1.82, 2.24) is 15.1 Å². The molecule has 0 radical (unpaired) electrons. The highest BCUT2D eigenvalue weighted by Crippen LogP contribution is 2.23. The van der Waals surface area contributed by atoms with Crippen molar-refractivity contribution in [2.45, 2.75) is 20.4 Å². The average molecular weight is 376 g/mol. The lowest BCUT2D eigenvalue weighted by Gasteiger charge is -2.07. The third-order valence-electron chi connectivity index (χ3n) is 3.99. The van der Waals surface area contributed by atoms with Gasteiger partial charge < -0.3 is 5.32 Å². The maximum atomic E-state index is 13.6. The molecule has 1 amide bonds. The summed E-state index contributed by atoms with van der Waals surface area (Å²) < 4.78 is 28.0. The van der Waals surface area contributed by atoms with Crippen LogP contribution in [0.2, 0.25) is 5.15 Å². The van der Waals surface area contributed by atoms with Crippen LogP contribution in [-0.4, -0.2) is 15.7 Å². The van der Waals surface area contributed by atoms with Gasteiger partial charge in [-0.15, -0.1) is 0 Å². The number of rotatable bonds is 4. The predicted molar refractivity (Wildman–Crippen MR) is 95.6 cm³/mol. The molecule has 0 spiro atoms. The van der Waals surface area contributed by atoms with Gasteiger partial charge in [-0.1, -0.05) is 23.7 Å². The second kappa shape index (κ2) is 7.25. The number of hydrogen-bond acceptors (Lipinski definition) is 2. The van der Waals surface area contributed by atoms with E-state index in [1.807, 2.05) is 0 Å². The van der Waals surface area contributed by atoms with Gasteiger partial charge in [-0.3, -0.25) is 4.79 Å². The van der Waals surface area contributed by atoms with Crippen LogP contribution >= 0.6 is 11.6 Å². The van der Waals surface area contributed by atoms with Crippen LogP contribution in [-0.2, 0) is 6.54 Å². The molecule has 0 fully saturated rings. The van der Waals surface area contributed by atoms with Crippen molar-refractivity contribution in [2.24, 2.45) is 0 Å². The van der Waals surface area contributed by atoms with Crippen LogP contribution in [0.25, 0.3) is 5.69 Å². The summed E-state index contributed by atoms with van der Waals surface area (Å²) in [6.45, 7) is 3.49. The molecular weight excluding hydrogens is 360 g/mol. The normalized spacial score (nSPS) is 10.8. The lowest BCUT2D eigenvalue weighted by atomic mass is 10.1. The molecule has 7 heteroatoms. The fourth-order valence-electron chi connectivity index (χ4n) is 2.53. The second-order valence-electron chi connectivity index (χ2n) is 5.91. The number of halogens is 3. The molecule has 0 aliphatic heterocycles. The van der Waals surface area contributed by atoms with Gasteiger partial charge in [-0.25, -0.2) is 13.5 Å². The Morgan fingerprint density at radius 3 is 2.50 bits per heavy atom. The third-order valence-corrected chi connectivity index (χ3v) is 4.34. The van der Waals surface area contributed by atoms with Crippen molar-refractivity contribution in [3.63, 3.8) is 0 Å². The summed E-state index contributed by atoms with van der Waals surface area (Å²) in [4.78, 5) is 12.5. The number of aromatic nitrogens is 2. The summed E-state index contributed by atoms with van der Waals surface area (Å²) in [7, 11) is 0. The van der Waals surface area contributed by atoms with Crippen molar-refractivity contribution in [1.29, 1.82) is 0 Å². The molecule has 2 aromatic carbocycles. The molecule has 0 saturated heterocycles. The Labute approximate surface area is 154 Å². The van der Waals surface area contributed by atoms with Crippen molar-refractivity contribution in [2.75, 3.05) is 0 Å². The summed E-state index contributed by atoms with van der Waals surface area (Å²) in [5, 5.41) is 7.09. The van der Waals surface area contributed by atoms with Gasteiger partial charge in [0, 0.05) is 6.54 Å². The van der Waals surface area contributed by atoms with E-state index in [1.54, 1.807) is 26.0 Å². The molecule has 0 bridgehead atoms. The zero-order valence-corrected chi connectivity index (χ0v) is 14.9. The Morgan fingerprint density at radius 2 is 1.85 bits per heavy atom. The van der Waals surface area contributed by atoms with E-state index >= 15 is 0 Å². The van der Waals surface area contributed by atoms with Crippen molar-refractivity contribution < 1.29 is 13.6 Å². The number of aryl methyl sites for hydroxylation is 2. The molecule has 134 valence electrons. The van der Waals surface area contributed by atoms with Gasteiger partial charge >= 0.3 is 0 Å². The third kappa shape index (κ3) is 3.60. The van der Waals surface area contributed by atoms with E-state index in [9.17, 15) is 13.6 Å². The summed E-state index contributed by atoms with van der Waals surface area (Å²) in [5.41, 5.74) is 2.38. The summed E-state index contributed by atoms with van der Waals surface area (Å²) in [6.07, 6.45) is 0. The van der Waals surface area contributed by atoms with E-state index in [4.69, 9.17) is 11.6 Å². The van der Waals surface area contributed by atoms with Crippen molar-refractivity contribution in [3.05, 3.63) is 81.6 Å². The highest BCUT2D eigenvalue weighted by molar-refractivity contribution is 6.33. The van der Waals surface area contributed by atoms with E-state index in [0.29, 0.717) is 22.5 Å². The molecule has 0 atom stereocenters. The first kappa shape index (κ1) is 18.1. The lowest BCUT2D eigenvalue weighted by Crippen LogP contribution is -2.23. The molecule has 26 heavy (non-hydrogen) atoms. The van der Waals surface area contributed by atoms with Gasteiger partial charge in [0.2, 0.25) is 0 Å². The van der Waals surface area contributed by atoms with Gasteiger partial charge in [-0.2, -0.15) is 5.10 Å². The van der Waals surface area contributed by atoms with Crippen LogP contribution in [0.15, 0.2) is 42.5 Å². The molecular formula is C19H16ClF2N3O. The van der Waals surface area contributed by atoms with Crippen molar-refractivity contribution in [3.8, 4) is 5.69 Å². The van der Waals surface area contributed by atoms with Crippen LogP contribution in [0.1, 0.15) is 27.2 Å². The average Bonchev–Trinajstić information content (AvgIpc) is 2.91. The fourth-order valence-corrected chi connectivity index (χ4v) is 2.89. The topological polar surface area (TPSA) is 46.9 Å². The smallest absolute Gasteiger partial charge is 0.256 e. The first-order valence-electron chi connectivity index (χ1n) is 7.91. The van der Waals surface area contributed by atoms with E-state index in [1.165, 1.54) is 35.0 Å². The Bertz CT molecular complexity index is 968. The highest BCUT2D eigenvalue weighted by atomic mass is 35.5. The maximum absolute atomic E-state index is 13.6. The molecule has 1 N–H and O–H groups in total. The number of hydrogen-bond donors (Lipinski definition) is 1. The Morgan fingerprint density at radius 1 is 1.15 bits per heavy atom. The Balaban J connectivity index is 1.81. The fraction of sp³-hybridized carbons (Fsp3) is 0.158. The minimum Gasteiger partial charge on any atom is -0.348 e. The maximum Gasteiger partial charge on any atom is 0.256 e. The number of carbonyl (C=O) groups is 1. The quantitative estimate of drug-likeness (QED) is 0.737. The molecule has 4 nitrogen and oxygen atoms in total. The van der Waals surface area contributed by atoms with Crippen LogP contribution in [0, 0.1) is 25.5 Å². The summed E-state index contributed by atoms with van der Waals surface area (Å²) in [5.74, 6) is -1.12. The Hall–Kier alpha value is -2.73. The van der Waals surface area contributed by atoms with E-state index in [0.717, 1.165) is 0 Å². The standard InChI is InChI=1S/C19H16ClF2N3O/c1-11-3-4-13(9-16(11)22)10-23-19(26)17-12(2)24-25(18(17)20)15-7-5-14(21)6-8-15/h3-9H,10H2,1-2H3,(H,23,26). The molecule has 0 aliphatic rings. The SMILES string of the molecule is Cc1ccc(CNC(=O)c2c(C)nn(-c3ccc(F)cc3)c2Cl)cc1F. The summed E-state index contributed by atoms with van der Waals surface area (Å²) in [6, 6.07) is 10.4. The highest BCUT2D eigenvalue weighted by Gasteiger charge is 2.21. The largest absolute Gasteiger partial charge is 0.348 e. The molecule has 3 rings (SSSR count). The predicted octanol–water partition coefficient (Wildman–Crippen LogP) is 4.35. The number of nitrogens with one attached hydrogen (secondary N) is 1. The second-order valence-corrected chi connectivity index (χ2v) is 6.26. The minimum atomic E-state index is -0.415. The summed E-state index contributed by atoms with van der Waals surface area (Å²) >= 11 is 6.31. The first-order valence-corrected chi connectivity index (χ1v) is 8.29. The zero-order chi connectivity index (χ0) is 18.8. The van der Waals surface area contributed by atoms with Crippen LogP contribution < -0.4 is 5.32 Å². The van der Waals surface area contributed by atoms with Crippen LogP contribution in [0.5, 0.6) is 0 Å². The number of benzene rings is 2. The first-order chi connectivity index (χ1) is 12.4. The zero-order valence-electron chi connectivity index (χ0n) is 14.2. The van der Waals surface area contributed by atoms with E-state index < -0.39 is 5.91 Å². The van der Waals surface area contributed by atoms with Gasteiger partial charge in [0.15, 0.2) is 0 Å². The number of carbonyl (C=O) groups excluding carboxylic acids is 1. The number of nitrogens with zero attached hydrogens (tertiary/aromatic N) is 2. The minimum absolute atomic E-state index is 0.127. The molecule has 3 aromatic rings. The molecule has 1 aromatic heterocycles. The number of amides is 1. The Kier molecular flexibility index (Phi) is 5.04. The monoisotopic (exact) mass is 375 g/mol. The van der Waals surface area contributed by atoms with Gasteiger partial charge in [-0.05, 0) is 55.3 Å². The van der Waals surface area contributed by atoms with Crippen LogP contribution in [0.3, 0.4) is 0 Å². The molecule has 1 heterocycles. The van der Waals surface area contributed by atoms with E-state index in [2.05, 4.69) is 10.4 Å². The lowest BCUT2D eigenvalue weighted by molar-refractivity contribution is 0.0950. The van der Waals surface area contributed by atoms with Gasteiger partial charge in [0.1, 0.15) is 16.8 Å². The van der Waals surface area contributed by atoms with E-state index in [-0.39, 0.29) is 28.9 Å². The molecule has 0 saturated carbocycles. The molecule has 0 unspecified atom stereocenters.